The van der Waals surface area contributed by atoms with Gasteiger partial charge >= 0.3 is 0 Å². The maximum absolute atomic E-state index is 10.1. The van der Waals surface area contributed by atoms with Crippen LogP contribution in [0, 0.1) is 26.7 Å². The van der Waals surface area contributed by atoms with Crippen LogP contribution < -0.4 is 10.2 Å². The maximum Gasteiger partial charge on any atom is 0.261 e. The number of aliphatic hydroxyl groups is 1. The first-order chi connectivity index (χ1) is 14.0. The Morgan fingerprint density at radius 3 is 2.62 bits per heavy atom. The van der Waals surface area contributed by atoms with Gasteiger partial charge in [-0.05, 0) is 51.7 Å². The van der Waals surface area contributed by atoms with Crippen LogP contribution in [-0.4, -0.2) is 52.0 Å². The molecule has 4 rings (SSSR count). The molecule has 0 radical (unpaired) electrons. The number of rotatable bonds is 5. The molecule has 1 aliphatic carbocycles. The summed E-state index contributed by atoms with van der Waals surface area (Å²) in [5, 5.41) is 17.9. The number of aliphatic hydroxyl groups excluding tert-OH is 1. The molecule has 1 saturated heterocycles. The second kappa shape index (κ2) is 8.79. The molecule has 2 fully saturated rings. The van der Waals surface area contributed by atoms with E-state index < -0.39 is 0 Å². The lowest BCUT2D eigenvalue weighted by atomic mass is 9.89. The van der Waals surface area contributed by atoms with E-state index in [1.165, 1.54) is 32.1 Å². The molecule has 2 aromatic rings. The molecule has 2 N–H and O–H groups in total. The van der Waals surface area contributed by atoms with Gasteiger partial charge in [-0.1, -0.05) is 24.4 Å². The van der Waals surface area contributed by atoms with Gasteiger partial charge in [0, 0.05) is 43.4 Å². The zero-order chi connectivity index (χ0) is 20.4. The van der Waals surface area contributed by atoms with Gasteiger partial charge in [0.2, 0.25) is 0 Å². The Bertz CT molecular complexity index is 831. The summed E-state index contributed by atoms with van der Waals surface area (Å²) in [5.41, 5.74) is 2.99. The quantitative estimate of drug-likeness (QED) is 0.798. The van der Waals surface area contributed by atoms with Crippen molar-refractivity contribution in [2.24, 2.45) is 5.92 Å². The summed E-state index contributed by atoms with van der Waals surface area (Å²) in [7, 11) is 0. The summed E-state index contributed by atoms with van der Waals surface area (Å²) in [5.74, 6) is 2.20. The minimum Gasteiger partial charge on any atom is -0.396 e. The third kappa shape index (κ3) is 4.46. The second-order valence-electron chi connectivity index (χ2n) is 8.69. The van der Waals surface area contributed by atoms with Crippen LogP contribution >= 0.6 is 0 Å². The van der Waals surface area contributed by atoms with Gasteiger partial charge in [0.05, 0.1) is 5.56 Å². The van der Waals surface area contributed by atoms with Crippen LogP contribution in [-0.2, 0) is 0 Å². The van der Waals surface area contributed by atoms with Crippen molar-refractivity contribution in [3.63, 3.8) is 0 Å². The minimum atomic E-state index is 0.181. The van der Waals surface area contributed by atoms with Gasteiger partial charge in [-0.2, -0.15) is 4.98 Å². The van der Waals surface area contributed by atoms with Crippen molar-refractivity contribution in [1.29, 1.82) is 0 Å². The molecule has 1 aliphatic heterocycles. The van der Waals surface area contributed by atoms with Gasteiger partial charge in [-0.3, -0.25) is 0 Å². The summed E-state index contributed by atoms with van der Waals surface area (Å²) in [4.78, 5) is 11.6. The van der Waals surface area contributed by atoms with E-state index >= 15 is 0 Å². The number of pyridine rings is 1. The Kier molecular flexibility index (Phi) is 6.15. The van der Waals surface area contributed by atoms with Crippen molar-refractivity contribution >= 4 is 5.82 Å². The molecule has 158 valence electrons. The van der Waals surface area contributed by atoms with Crippen LogP contribution in [0.5, 0.6) is 0 Å². The SMILES string of the molecule is Cc1noc(-c2cc(C)c(C)nc2N2CCC(NC3CCCCC3)C(CO)C2)n1. The molecular formula is C22H33N5O2. The van der Waals surface area contributed by atoms with Crippen LogP contribution in [0.1, 0.15) is 55.6 Å². The lowest BCUT2D eigenvalue weighted by Gasteiger charge is -2.41. The Balaban J connectivity index is 1.55. The van der Waals surface area contributed by atoms with Crippen LogP contribution in [0.4, 0.5) is 5.82 Å². The topological polar surface area (TPSA) is 87.3 Å². The molecule has 3 heterocycles. The smallest absolute Gasteiger partial charge is 0.261 e. The number of nitrogens with one attached hydrogen (secondary N) is 1. The van der Waals surface area contributed by atoms with Gasteiger partial charge in [0.1, 0.15) is 5.82 Å². The Hall–Kier alpha value is -1.99. The van der Waals surface area contributed by atoms with E-state index in [4.69, 9.17) is 9.51 Å². The molecule has 1 saturated carbocycles. The zero-order valence-corrected chi connectivity index (χ0v) is 17.8. The highest BCUT2D eigenvalue weighted by Gasteiger charge is 2.33. The summed E-state index contributed by atoms with van der Waals surface area (Å²) in [6.07, 6.45) is 7.52. The Morgan fingerprint density at radius 1 is 1.14 bits per heavy atom. The Morgan fingerprint density at radius 2 is 1.93 bits per heavy atom. The molecule has 0 amide bonds. The van der Waals surface area contributed by atoms with Gasteiger partial charge in [0.15, 0.2) is 5.82 Å². The molecule has 0 aromatic carbocycles. The number of aryl methyl sites for hydroxylation is 3. The first-order valence-corrected chi connectivity index (χ1v) is 11.0. The van der Waals surface area contributed by atoms with Gasteiger partial charge in [-0.25, -0.2) is 4.98 Å². The van der Waals surface area contributed by atoms with Crippen molar-refractivity contribution < 1.29 is 9.63 Å². The second-order valence-corrected chi connectivity index (χ2v) is 8.69. The number of nitrogens with zero attached hydrogens (tertiary/aromatic N) is 4. The highest BCUT2D eigenvalue weighted by atomic mass is 16.5. The molecule has 29 heavy (non-hydrogen) atoms. The molecular weight excluding hydrogens is 366 g/mol. The zero-order valence-electron chi connectivity index (χ0n) is 17.8. The van der Waals surface area contributed by atoms with Crippen LogP contribution in [0.3, 0.4) is 0 Å². The van der Waals surface area contributed by atoms with E-state index in [-0.39, 0.29) is 12.5 Å². The van der Waals surface area contributed by atoms with Crippen molar-refractivity contribution in [3.8, 4) is 11.5 Å². The molecule has 0 spiro atoms. The van der Waals surface area contributed by atoms with Gasteiger partial charge < -0.3 is 19.8 Å². The third-order valence-corrected chi connectivity index (χ3v) is 6.53. The van der Waals surface area contributed by atoms with Gasteiger partial charge in [0.25, 0.3) is 5.89 Å². The fraction of sp³-hybridized carbons (Fsp3) is 0.682. The van der Waals surface area contributed by atoms with Crippen molar-refractivity contribution in [2.75, 3.05) is 24.6 Å². The maximum atomic E-state index is 10.1. The van der Waals surface area contributed by atoms with E-state index in [9.17, 15) is 5.11 Å². The summed E-state index contributed by atoms with van der Waals surface area (Å²) in [6.45, 7) is 7.76. The molecule has 2 aliphatic rings. The largest absolute Gasteiger partial charge is 0.396 e. The lowest BCUT2D eigenvalue weighted by molar-refractivity contribution is 0.160. The van der Waals surface area contributed by atoms with E-state index in [2.05, 4.69) is 33.3 Å². The number of piperidine rings is 1. The average Bonchev–Trinajstić information content (AvgIpc) is 3.17. The van der Waals surface area contributed by atoms with Gasteiger partial charge in [-0.15, -0.1) is 0 Å². The highest BCUT2D eigenvalue weighted by Crippen LogP contribution is 2.33. The Labute approximate surface area is 172 Å². The van der Waals surface area contributed by atoms with Crippen LogP contribution in [0.25, 0.3) is 11.5 Å². The number of hydrogen-bond acceptors (Lipinski definition) is 7. The fourth-order valence-electron chi connectivity index (χ4n) is 4.70. The normalized spacial score (nSPS) is 23.5. The highest BCUT2D eigenvalue weighted by molar-refractivity contribution is 5.71. The monoisotopic (exact) mass is 399 g/mol. The lowest BCUT2D eigenvalue weighted by Crippen LogP contribution is -2.53. The average molecular weight is 400 g/mol. The molecule has 0 bridgehead atoms. The van der Waals surface area contributed by atoms with E-state index in [0.29, 0.717) is 23.8 Å². The standard InChI is InChI=1S/C22H33N5O2/c1-14-11-19(22-24-16(3)26-29-22)21(23-15(14)2)27-10-9-20(17(12-27)13-28)25-18-7-5-4-6-8-18/h11,17-18,20,25,28H,4-10,12-13H2,1-3H3. The molecule has 2 unspecified atom stereocenters. The van der Waals surface area contributed by atoms with Crippen LogP contribution in [0.15, 0.2) is 10.6 Å². The van der Waals surface area contributed by atoms with Crippen molar-refractivity contribution in [2.45, 2.75) is 71.4 Å². The number of hydrogen-bond donors (Lipinski definition) is 2. The molecule has 2 atom stereocenters. The van der Waals surface area contributed by atoms with Crippen molar-refractivity contribution in [3.05, 3.63) is 23.1 Å². The van der Waals surface area contributed by atoms with Crippen LogP contribution in [0.2, 0.25) is 0 Å². The molecule has 7 nitrogen and oxygen atoms in total. The molecule has 7 heteroatoms. The van der Waals surface area contributed by atoms with Crippen molar-refractivity contribution in [1.82, 2.24) is 20.4 Å². The van der Waals surface area contributed by atoms with E-state index in [1.807, 2.05) is 13.8 Å². The van der Waals surface area contributed by atoms with E-state index in [1.54, 1.807) is 0 Å². The summed E-state index contributed by atoms with van der Waals surface area (Å²) in [6, 6.07) is 3.05. The summed E-state index contributed by atoms with van der Waals surface area (Å²) < 4.78 is 5.46. The summed E-state index contributed by atoms with van der Waals surface area (Å²) >= 11 is 0. The fourth-order valence-corrected chi connectivity index (χ4v) is 4.70. The first kappa shape index (κ1) is 20.3. The number of aromatic nitrogens is 3. The predicted octanol–water partition coefficient (Wildman–Crippen LogP) is 3.17. The number of anilines is 1. The minimum absolute atomic E-state index is 0.181. The molecule has 2 aromatic heterocycles. The predicted molar refractivity (Wildman–Crippen MR) is 113 cm³/mol. The van der Waals surface area contributed by atoms with E-state index in [0.717, 1.165) is 42.1 Å². The first-order valence-electron chi connectivity index (χ1n) is 11.0. The third-order valence-electron chi connectivity index (χ3n) is 6.53.